The van der Waals surface area contributed by atoms with Crippen molar-refractivity contribution in [1.29, 1.82) is 0 Å². The average molecular weight is 283 g/mol. The van der Waals surface area contributed by atoms with E-state index < -0.39 is 0 Å². The van der Waals surface area contributed by atoms with Crippen molar-refractivity contribution in [2.45, 2.75) is 10.6 Å². The van der Waals surface area contributed by atoms with Crippen LogP contribution in [0.4, 0.5) is 0 Å². The summed E-state index contributed by atoms with van der Waals surface area (Å²) in [5.74, 6) is 0.965. The maximum Gasteiger partial charge on any atom is 0.0625 e. The molecule has 0 fully saturated rings. The molecule has 0 N–H and O–H groups in total. The minimum absolute atomic E-state index is 0.965. The number of hydrogen-bond donors (Lipinski definition) is 0. The highest BCUT2D eigenvalue weighted by molar-refractivity contribution is 9.10. The van der Waals surface area contributed by atoms with Crippen molar-refractivity contribution in [2.24, 2.45) is 7.05 Å². The number of hydrogen-bond acceptors (Lipinski definition) is 2. The monoisotopic (exact) mass is 282 g/mol. The second kappa shape index (κ2) is 4.86. The molecular formula is C11H11BrN2S. The van der Waals surface area contributed by atoms with Crippen molar-refractivity contribution in [1.82, 2.24) is 9.78 Å². The Balaban J connectivity index is 2.02. The fraction of sp³-hybridized carbons (Fsp3) is 0.182. The molecule has 2 aromatic rings. The minimum Gasteiger partial charge on any atom is -0.275 e. The van der Waals surface area contributed by atoms with Crippen molar-refractivity contribution in [2.75, 3.05) is 0 Å². The number of nitrogens with zero attached hydrogens (tertiary/aromatic N) is 2. The molecule has 78 valence electrons. The Morgan fingerprint density at radius 1 is 1.40 bits per heavy atom. The predicted molar refractivity (Wildman–Crippen MR) is 66.9 cm³/mol. The Morgan fingerprint density at radius 3 is 2.87 bits per heavy atom. The summed E-state index contributed by atoms with van der Waals surface area (Å²) in [5, 5.41) is 4.14. The van der Waals surface area contributed by atoms with E-state index >= 15 is 0 Å². The van der Waals surface area contributed by atoms with Crippen LogP contribution >= 0.6 is 27.7 Å². The number of rotatable bonds is 3. The molecule has 15 heavy (non-hydrogen) atoms. The normalized spacial score (nSPS) is 10.5. The summed E-state index contributed by atoms with van der Waals surface area (Å²) in [6, 6.07) is 8.29. The van der Waals surface area contributed by atoms with Crippen molar-refractivity contribution >= 4 is 27.7 Å². The molecule has 0 radical (unpaired) electrons. The van der Waals surface area contributed by atoms with Gasteiger partial charge in [-0.25, -0.2) is 0 Å². The van der Waals surface area contributed by atoms with E-state index in [-0.39, 0.29) is 0 Å². The zero-order valence-electron chi connectivity index (χ0n) is 8.35. The fourth-order valence-electron chi connectivity index (χ4n) is 1.25. The third kappa shape index (κ3) is 2.86. The van der Waals surface area contributed by atoms with Crippen LogP contribution in [0.1, 0.15) is 5.56 Å². The summed E-state index contributed by atoms with van der Waals surface area (Å²) in [4.78, 5) is 1.20. The first-order chi connectivity index (χ1) is 7.25. The highest BCUT2D eigenvalue weighted by Gasteiger charge is 2.01. The maximum absolute atomic E-state index is 4.14. The summed E-state index contributed by atoms with van der Waals surface area (Å²) >= 11 is 5.34. The third-order valence-corrected chi connectivity index (χ3v) is 3.81. The molecule has 1 aromatic carbocycles. The van der Waals surface area contributed by atoms with Gasteiger partial charge in [0.15, 0.2) is 0 Å². The smallest absolute Gasteiger partial charge is 0.0625 e. The molecule has 0 aliphatic heterocycles. The van der Waals surface area contributed by atoms with Gasteiger partial charge in [-0.2, -0.15) is 5.10 Å². The van der Waals surface area contributed by atoms with Crippen LogP contribution in [0, 0.1) is 0 Å². The van der Waals surface area contributed by atoms with Gasteiger partial charge in [0, 0.05) is 28.4 Å². The van der Waals surface area contributed by atoms with Crippen LogP contribution < -0.4 is 0 Å². The largest absolute Gasteiger partial charge is 0.275 e. The lowest BCUT2D eigenvalue weighted by Crippen LogP contribution is -1.84. The highest BCUT2D eigenvalue weighted by Crippen LogP contribution is 2.26. The molecule has 0 saturated heterocycles. The van der Waals surface area contributed by atoms with E-state index in [0.29, 0.717) is 0 Å². The Kier molecular flexibility index (Phi) is 3.49. The average Bonchev–Trinajstić information content (AvgIpc) is 2.63. The molecule has 0 amide bonds. The van der Waals surface area contributed by atoms with Gasteiger partial charge in [-0.1, -0.05) is 34.1 Å². The van der Waals surface area contributed by atoms with Crippen LogP contribution in [-0.2, 0) is 12.8 Å². The molecule has 1 aromatic heterocycles. The molecule has 2 rings (SSSR count). The van der Waals surface area contributed by atoms with E-state index in [0.717, 1.165) is 5.75 Å². The van der Waals surface area contributed by atoms with Crippen LogP contribution in [0.15, 0.2) is 46.0 Å². The molecule has 0 unspecified atom stereocenters. The van der Waals surface area contributed by atoms with Crippen LogP contribution in [-0.4, -0.2) is 9.78 Å². The molecule has 0 saturated carbocycles. The van der Waals surface area contributed by atoms with Crippen molar-refractivity contribution in [3.05, 3.63) is 46.7 Å². The highest BCUT2D eigenvalue weighted by atomic mass is 79.9. The zero-order chi connectivity index (χ0) is 10.7. The predicted octanol–water partition coefficient (Wildman–Crippen LogP) is 3.47. The van der Waals surface area contributed by atoms with E-state index in [4.69, 9.17) is 0 Å². The summed E-state index contributed by atoms with van der Waals surface area (Å²) in [6.45, 7) is 0. The SMILES string of the molecule is Cn1cc(SCc2ccccc2Br)cn1. The lowest BCUT2D eigenvalue weighted by Gasteiger charge is -2.01. The van der Waals surface area contributed by atoms with Gasteiger partial charge in [-0.3, -0.25) is 4.68 Å². The molecule has 0 aliphatic rings. The summed E-state index contributed by atoms with van der Waals surface area (Å²) < 4.78 is 2.99. The molecule has 0 atom stereocenters. The van der Waals surface area contributed by atoms with Gasteiger partial charge in [-0.15, -0.1) is 11.8 Å². The quantitative estimate of drug-likeness (QED) is 0.803. The van der Waals surface area contributed by atoms with Crippen molar-refractivity contribution < 1.29 is 0 Å². The molecule has 4 heteroatoms. The third-order valence-electron chi connectivity index (χ3n) is 2.03. The van der Waals surface area contributed by atoms with Crippen LogP contribution in [0.3, 0.4) is 0 Å². The van der Waals surface area contributed by atoms with Gasteiger partial charge in [0.1, 0.15) is 0 Å². The maximum atomic E-state index is 4.14. The van der Waals surface area contributed by atoms with E-state index in [9.17, 15) is 0 Å². The standard InChI is InChI=1S/C11H11BrN2S/c1-14-7-10(6-13-14)15-8-9-4-2-3-5-11(9)12/h2-7H,8H2,1H3. The number of halogens is 1. The number of benzene rings is 1. The van der Waals surface area contributed by atoms with Gasteiger partial charge in [0.25, 0.3) is 0 Å². The first kappa shape index (κ1) is 10.8. The molecule has 0 aliphatic carbocycles. The summed E-state index contributed by atoms with van der Waals surface area (Å²) in [6.07, 6.45) is 3.92. The fourth-order valence-corrected chi connectivity index (χ4v) is 2.78. The first-order valence-electron chi connectivity index (χ1n) is 4.60. The van der Waals surface area contributed by atoms with Gasteiger partial charge in [-0.05, 0) is 11.6 Å². The van der Waals surface area contributed by atoms with Gasteiger partial charge in [0.05, 0.1) is 6.20 Å². The van der Waals surface area contributed by atoms with Gasteiger partial charge >= 0.3 is 0 Å². The van der Waals surface area contributed by atoms with Gasteiger partial charge in [0.2, 0.25) is 0 Å². The summed E-state index contributed by atoms with van der Waals surface area (Å²) in [7, 11) is 1.93. The Labute approximate surface area is 102 Å². The Hall–Kier alpha value is -0.740. The van der Waals surface area contributed by atoms with Crippen molar-refractivity contribution in [3.63, 3.8) is 0 Å². The molecule has 1 heterocycles. The van der Waals surface area contributed by atoms with Crippen LogP contribution in [0.2, 0.25) is 0 Å². The summed E-state index contributed by atoms with van der Waals surface area (Å²) in [5.41, 5.74) is 1.31. The molecule has 0 spiro atoms. The topological polar surface area (TPSA) is 17.8 Å². The van der Waals surface area contributed by atoms with E-state index in [1.54, 1.807) is 11.8 Å². The molecule has 2 nitrogen and oxygen atoms in total. The number of aryl methyl sites for hydroxylation is 1. The van der Waals surface area contributed by atoms with Gasteiger partial charge < -0.3 is 0 Å². The zero-order valence-corrected chi connectivity index (χ0v) is 10.8. The van der Waals surface area contributed by atoms with E-state index in [1.807, 2.05) is 30.2 Å². The van der Waals surface area contributed by atoms with Crippen molar-refractivity contribution in [3.8, 4) is 0 Å². The Morgan fingerprint density at radius 2 is 2.20 bits per heavy atom. The van der Waals surface area contributed by atoms with Crippen LogP contribution in [0.5, 0.6) is 0 Å². The molecular weight excluding hydrogens is 272 g/mol. The number of thioether (sulfide) groups is 1. The number of aromatic nitrogens is 2. The lowest BCUT2D eigenvalue weighted by molar-refractivity contribution is 0.766. The lowest BCUT2D eigenvalue weighted by atomic mass is 10.2. The Bertz CT molecular complexity index is 453. The van der Waals surface area contributed by atoms with E-state index in [2.05, 4.69) is 39.2 Å². The minimum atomic E-state index is 0.965. The first-order valence-corrected chi connectivity index (χ1v) is 6.38. The van der Waals surface area contributed by atoms with Crippen LogP contribution in [0.25, 0.3) is 0 Å². The molecule has 0 bridgehead atoms. The van der Waals surface area contributed by atoms with E-state index in [1.165, 1.54) is 14.9 Å². The second-order valence-electron chi connectivity index (χ2n) is 3.23. The second-order valence-corrected chi connectivity index (χ2v) is 5.13.